The van der Waals surface area contributed by atoms with Gasteiger partial charge in [0.1, 0.15) is 0 Å². The molecule has 1 heterocycles. The molecule has 0 atom stereocenters. The third kappa shape index (κ3) is 2.29. The molecule has 0 saturated heterocycles. The first-order valence-electron chi connectivity index (χ1n) is 5.71. The SMILES string of the molecule is COCc1c(C=O)nnn1CCC1CCC1. The molecule has 0 bridgehead atoms. The summed E-state index contributed by atoms with van der Waals surface area (Å²) < 4.78 is 6.85. The molecule has 1 aliphatic rings. The largest absolute Gasteiger partial charge is 0.378 e. The van der Waals surface area contributed by atoms with Crippen molar-refractivity contribution < 1.29 is 9.53 Å². The minimum absolute atomic E-state index is 0.395. The summed E-state index contributed by atoms with van der Waals surface area (Å²) >= 11 is 0. The molecule has 1 saturated carbocycles. The highest BCUT2D eigenvalue weighted by molar-refractivity contribution is 5.73. The predicted molar refractivity (Wildman–Crippen MR) is 58.1 cm³/mol. The number of carbonyl (C=O) groups is 1. The van der Waals surface area contributed by atoms with Gasteiger partial charge in [-0.3, -0.25) is 4.79 Å². The van der Waals surface area contributed by atoms with Crippen LogP contribution in [0.3, 0.4) is 0 Å². The Labute approximate surface area is 94.8 Å². The number of ether oxygens (including phenoxy) is 1. The summed E-state index contributed by atoms with van der Waals surface area (Å²) in [5.74, 6) is 0.833. The average Bonchev–Trinajstić information content (AvgIpc) is 2.60. The van der Waals surface area contributed by atoms with Crippen LogP contribution in [0, 0.1) is 5.92 Å². The van der Waals surface area contributed by atoms with Crippen LogP contribution in [0.4, 0.5) is 0 Å². The third-order valence-corrected chi connectivity index (χ3v) is 3.23. The summed E-state index contributed by atoms with van der Waals surface area (Å²) in [6, 6.07) is 0. The van der Waals surface area contributed by atoms with Gasteiger partial charge in [-0.05, 0) is 12.3 Å². The molecule has 0 radical (unpaired) electrons. The molecule has 88 valence electrons. The number of aryl methyl sites for hydroxylation is 1. The Hall–Kier alpha value is -1.23. The van der Waals surface area contributed by atoms with Gasteiger partial charge in [-0.2, -0.15) is 0 Å². The van der Waals surface area contributed by atoms with Crippen LogP contribution < -0.4 is 0 Å². The van der Waals surface area contributed by atoms with Gasteiger partial charge in [0.2, 0.25) is 0 Å². The third-order valence-electron chi connectivity index (χ3n) is 3.23. The normalized spacial score (nSPS) is 16.1. The zero-order valence-electron chi connectivity index (χ0n) is 9.56. The van der Waals surface area contributed by atoms with Gasteiger partial charge in [-0.1, -0.05) is 24.5 Å². The molecule has 5 nitrogen and oxygen atoms in total. The first-order valence-corrected chi connectivity index (χ1v) is 5.71. The molecule has 0 spiro atoms. The quantitative estimate of drug-likeness (QED) is 0.684. The maximum Gasteiger partial charge on any atom is 0.172 e. The summed E-state index contributed by atoms with van der Waals surface area (Å²) in [6.45, 7) is 1.23. The van der Waals surface area contributed by atoms with Gasteiger partial charge in [0.15, 0.2) is 12.0 Å². The van der Waals surface area contributed by atoms with Crippen molar-refractivity contribution in [2.45, 2.75) is 38.8 Å². The van der Waals surface area contributed by atoms with Crippen molar-refractivity contribution in [1.29, 1.82) is 0 Å². The molecule has 1 aromatic rings. The number of nitrogens with zero attached hydrogens (tertiary/aromatic N) is 3. The van der Waals surface area contributed by atoms with Gasteiger partial charge in [-0.15, -0.1) is 5.10 Å². The van der Waals surface area contributed by atoms with Crippen LogP contribution in [0.2, 0.25) is 0 Å². The van der Waals surface area contributed by atoms with Crippen molar-refractivity contribution >= 4 is 6.29 Å². The number of aldehydes is 1. The maximum atomic E-state index is 10.7. The number of hydrogen-bond donors (Lipinski definition) is 0. The Morgan fingerprint density at radius 1 is 1.56 bits per heavy atom. The van der Waals surface area contributed by atoms with Crippen molar-refractivity contribution in [3.8, 4) is 0 Å². The lowest BCUT2D eigenvalue weighted by molar-refractivity contribution is 0.111. The second-order valence-electron chi connectivity index (χ2n) is 4.28. The van der Waals surface area contributed by atoms with Crippen molar-refractivity contribution in [2.24, 2.45) is 5.92 Å². The maximum absolute atomic E-state index is 10.7. The summed E-state index contributed by atoms with van der Waals surface area (Å²) in [5, 5.41) is 7.83. The van der Waals surface area contributed by atoms with Gasteiger partial charge >= 0.3 is 0 Å². The lowest BCUT2D eigenvalue weighted by Crippen LogP contribution is -2.16. The Morgan fingerprint density at radius 2 is 2.38 bits per heavy atom. The molecule has 0 aromatic carbocycles. The second kappa shape index (κ2) is 5.21. The monoisotopic (exact) mass is 223 g/mol. The van der Waals surface area contributed by atoms with Crippen molar-refractivity contribution in [2.75, 3.05) is 7.11 Å². The van der Waals surface area contributed by atoms with E-state index in [9.17, 15) is 4.79 Å². The molecular formula is C11H17N3O2. The van der Waals surface area contributed by atoms with E-state index >= 15 is 0 Å². The van der Waals surface area contributed by atoms with Gasteiger partial charge in [0.05, 0.1) is 12.3 Å². The topological polar surface area (TPSA) is 57.0 Å². The van der Waals surface area contributed by atoms with Crippen molar-refractivity contribution in [3.05, 3.63) is 11.4 Å². The number of hydrogen-bond acceptors (Lipinski definition) is 4. The van der Waals surface area contributed by atoms with Crippen molar-refractivity contribution in [3.63, 3.8) is 0 Å². The van der Waals surface area contributed by atoms with E-state index in [0.717, 1.165) is 30.9 Å². The highest BCUT2D eigenvalue weighted by Crippen LogP contribution is 2.29. The smallest absolute Gasteiger partial charge is 0.172 e. The Balaban J connectivity index is 2.00. The molecule has 1 aliphatic carbocycles. The summed E-state index contributed by atoms with van der Waals surface area (Å²) in [6.07, 6.45) is 5.87. The van der Waals surface area contributed by atoms with E-state index in [-0.39, 0.29) is 0 Å². The van der Waals surface area contributed by atoms with E-state index in [1.54, 1.807) is 11.8 Å². The first-order chi connectivity index (χ1) is 7.85. The van der Waals surface area contributed by atoms with Crippen LogP contribution >= 0.6 is 0 Å². The fourth-order valence-electron chi connectivity index (χ4n) is 1.99. The fraction of sp³-hybridized carbons (Fsp3) is 0.727. The molecule has 5 heteroatoms. The lowest BCUT2D eigenvalue weighted by atomic mass is 9.83. The number of rotatable bonds is 6. The van der Waals surface area contributed by atoms with E-state index in [0.29, 0.717) is 12.3 Å². The molecule has 0 unspecified atom stereocenters. The lowest BCUT2D eigenvalue weighted by Gasteiger charge is -2.25. The van der Waals surface area contributed by atoms with E-state index in [4.69, 9.17) is 4.74 Å². The Morgan fingerprint density at radius 3 is 2.94 bits per heavy atom. The minimum atomic E-state index is 0.395. The van der Waals surface area contributed by atoms with Gasteiger partial charge in [-0.25, -0.2) is 4.68 Å². The van der Waals surface area contributed by atoms with Crippen LogP contribution in [0.25, 0.3) is 0 Å². The average molecular weight is 223 g/mol. The van der Waals surface area contributed by atoms with Crippen molar-refractivity contribution in [1.82, 2.24) is 15.0 Å². The molecule has 0 N–H and O–H groups in total. The molecule has 0 aliphatic heterocycles. The molecule has 16 heavy (non-hydrogen) atoms. The van der Waals surface area contributed by atoms with Gasteiger partial charge in [0.25, 0.3) is 0 Å². The second-order valence-corrected chi connectivity index (χ2v) is 4.28. The van der Waals surface area contributed by atoms with Crippen LogP contribution in [0.5, 0.6) is 0 Å². The van der Waals surface area contributed by atoms with E-state index < -0.39 is 0 Å². The Kier molecular flexibility index (Phi) is 3.66. The standard InChI is InChI=1S/C11H17N3O2/c1-16-8-11-10(7-15)12-13-14(11)6-5-9-3-2-4-9/h7,9H,2-6,8H2,1H3. The summed E-state index contributed by atoms with van der Waals surface area (Å²) in [5.41, 5.74) is 1.19. The molecule has 2 rings (SSSR count). The van der Waals surface area contributed by atoms with E-state index in [2.05, 4.69) is 10.3 Å². The highest BCUT2D eigenvalue weighted by atomic mass is 16.5. The fourth-order valence-corrected chi connectivity index (χ4v) is 1.99. The highest BCUT2D eigenvalue weighted by Gasteiger charge is 2.18. The zero-order valence-corrected chi connectivity index (χ0v) is 9.56. The predicted octanol–water partition coefficient (Wildman–Crippen LogP) is 1.43. The molecule has 1 fully saturated rings. The molecular weight excluding hydrogens is 206 g/mol. The zero-order chi connectivity index (χ0) is 11.4. The van der Waals surface area contributed by atoms with Crippen LogP contribution in [0.1, 0.15) is 41.9 Å². The first kappa shape index (κ1) is 11.3. The van der Waals surface area contributed by atoms with Crippen LogP contribution in [0.15, 0.2) is 0 Å². The summed E-state index contributed by atoms with van der Waals surface area (Å²) in [7, 11) is 1.61. The molecule has 1 aromatic heterocycles. The van der Waals surface area contributed by atoms with Crippen LogP contribution in [-0.4, -0.2) is 28.4 Å². The van der Waals surface area contributed by atoms with E-state index in [1.165, 1.54) is 19.3 Å². The molecule has 0 amide bonds. The number of carbonyl (C=O) groups excluding carboxylic acids is 1. The van der Waals surface area contributed by atoms with Gasteiger partial charge < -0.3 is 4.74 Å². The summed E-state index contributed by atoms with van der Waals surface area (Å²) in [4.78, 5) is 10.7. The number of methoxy groups -OCH3 is 1. The van der Waals surface area contributed by atoms with Gasteiger partial charge in [0, 0.05) is 13.7 Å². The number of aromatic nitrogens is 3. The minimum Gasteiger partial charge on any atom is -0.378 e. The van der Waals surface area contributed by atoms with E-state index in [1.807, 2.05) is 0 Å². The Bertz CT molecular complexity index is 358. The van der Waals surface area contributed by atoms with Crippen LogP contribution in [-0.2, 0) is 17.9 Å².